The number of imidazole rings is 2. The maximum atomic E-state index is 4.12. The molecule has 5 aromatic rings. The van der Waals surface area contributed by atoms with Gasteiger partial charge in [-0.2, -0.15) is 0 Å². The summed E-state index contributed by atoms with van der Waals surface area (Å²) in [5.74, 6) is 0. The summed E-state index contributed by atoms with van der Waals surface area (Å²) in [7, 11) is 0. The zero-order valence-corrected chi connectivity index (χ0v) is 12.6. The number of H-pyrrole nitrogens is 2. The minimum Gasteiger partial charge on any atom is -0.351 e. The van der Waals surface area contributed by atoms with E-state index in [2.05, 4.69) is 39.9 Å². The average Bonchev–Trinajstić information content (AvgIpc) is 3.37. The van der Waals surface area contributed by atoms with Crippen molar-refractivity contribution in [3.63, 3.8) is 0 Å². The largest absolute Gasteiger partial charge is 0.351 e. The third-order valence-corrected chi connectivity index (χ3v) is 2.85. The van der Waals surface area contributed by atoms with Gasteiger partial charge in [0.15, 0.2) is 11.3 Å². The van der Waals surface area contributed by atoms with E-state index in [-0.39, 0.29) is 0 Å². The van der Waals surface area contributed by atoms with Crippen molar-refractivity contribution in [2.24, 2.45) is 0 Å². The third-order valence-electron chi connectivity index (χ3n) is 2.85. The summed E-state index contributed by atoms with van der Waals surface area (Å²) >= 11 is 0. The highest BCUT2D eigenvalue weighted by Gasteiger charge is 1.92. The quantitative estimate of drug-likeness (QED) is 0.454. The number of hydrogen-bond donors (Lipinski definition) is 2. The number of aromatic nitrogens is 8. The summed E-state index contributed by atoms with van der Waals surface area (Å²) in [5.41, 5.74) is 3.30. The topological polar surface area (TPSA) is 109 Å². The first kappa shape index (κ1) is 15.2. The second-order valence-electron chi connectivity index (χ2n) is 4.44. The number of aromatic amines is 2. The SMILES string of the molecule is c1c[nH]cn1.c1ccc2nccnc2c1.c1cnc2[nH]cnc2n1. The van der Waals surface area contributed by atoms with Crippen molar-refractivity contribution in [2.75, 3.05) is 0 Å². The fourth-order valence-electron chi connectivity index (χ4n) is 1.81. The van der Waals surface area contributed by atoms with Gasteiger partial charge in [-0.25, -0.2) is 19.9 Å². The lowest BCUT2D eigenvalue weighted by molar-refractivity contribution is 1.26. The molecule has 4 aromatic heterocycles. The monoisotopic (exact) mass is 318 g/mol. The normalized spacial score (nSPS) is 9.67. The smallest absolute Gasteiger partial charge is 0.197 e. The van der Waals surface area contributed by atoms with Gasteiger partial charge in [0, 0.05) is 37.2 Å². The van der Waals surface area contributed by atoms with Gasteiger partial charge in [0.05, 0.1) is 23.7 Å². The van der Waals surface area contributed by atoms with Crippen molar-refractivity contribution >= 4 is 22.3 Å². The summed E-state index contributed by atoms with van der Waals surface area (Å²) in [4.78, 5) is 29.3. The zero-order valence-electron chi connectivity index (χ0n) is 12.6. The molecule has 0 bridgehead atoms. The van der Waals surface area contributed by atoms with Crippen LogP contribution in [-0.2, 0) is 0 Å². The third kappa shape index (κ3) is 4.17. The van der Waals surface area contributed by atoms with E-state index < -0.39 is 0 Å². The summed E-state index contributed by atoms with van der Waals surface area (Å²) in [5, 5.41) is 0. The molecule has 2 N–H and O–H groups in total. The van der Waals surface area contributed by atoms with Crippen LogP contribution in [-0.4, -0.2) is 39.9 Å². The van der Waals surface area contributed by atoms with Gasteiger partial charge in [-0.15, -0.1) is 0 Å². The van der Waals surface area contributed by atoms with Crippen LogP contribution in [0.3, 0.4) is 0 Å². The molecule has 0 spiro atoms. The van der Waals surface area contributed by atoms with Gasteiger partial charge < -0.3 is 9.97 Å². The summed E-state index contributed by atoms with van der Waals surface area (Å²) in [6, 6.07) is 7.80. The Balaban J connectivity index is 0.000000112. The van der Waals surface area contributed by atoms with Crippen molar-refractivity contribution in [2.45, 2.75) is 0 Å². The Morgan fingerprint density at radius 2 is 1.38 bits per heavy atom. The van der Waals surface area contributed by atoms with E-state index in [0.717, 1.165) is 16.7 Å². The minimum absolute atomic E-state index is 0.664. The number of fused-ring (bicyclic) bond motifs is 2. The highest BCUT2D eigenvalue weighted by molar-refractivity contribution is 5.73. The van der Waals surface area contributed by atoms with E-state index >= 15 is 0 Å². The molecule has 8 nitrogen and oxygen atoms in total. The van der Waals surface area contributed by atoms with Crippen LogP contribution in [0.25, 0.3) is 22.3 Å². The fourth-order valence-corrected chi connectivity index (χ4v) is 1.81. The molecule has 0 amide bonds. The van der Waals surface area contributed by atoms with Gasteiger partial charge in [0.2, 0.25) is 0 Å². The number of nitrogens with one attached hydrogen (secondary N) is 2. The van der Waals surface area contributed by atoms with E-state index in [1.807, 2.05) is 24.3 Å². The Morgan fingerprint density at radius 3 is 1.96 bits per heavy atom. The van der Waals surface area contributed by atoms with Crippen molar-refractivity contribution in [1.29, 1.82) is 0 Å². The second kappa shape index (κ2) is 8.08. The summed E-state index contributed by atoms with van der Waals surface area (Å²) in [6.45, 7) is 0. The van der Waals surface area contributed by atoms with Crippen LogP contribution in [0.5, 0.6) is 0 Å². The molecule has 0 aliphatic rings. The molecular weight excluding hydrogens is 304 g/mol. The van der Waals surface area contributed by atoms with Crippen molar-refractivity contribution < 1.29 is 0 Å². The molecule has 0 aliphatic carbocycles. The predicted octanol–water partition coefficient (Wildman–Crippen LogP) is 2.39. The Bertz CT molecular complexity index is 865. The lowest BCUT2D eigenvalue weighted by Crippen LogP contribution is -1.78. The lowest BCUT2D eigenvalue weighted by Gasteiger charge is -1.90. The molecule has 1 aromatic carbocycles. The number of benzene rings is 1. The van der Waals surface area contributed by atoms with Crippen molar-refractivity contribution in [1.82, 2.24) is 39.9 Å². The fraction of sp³-hybridized carbons (Fsp3) is 0. The molecule has 0 saturated heterocycles. The van der Waals surface area contributed by atoms with Gasteiger partial charge in [-0.1, -0.05) is 12.1 Å². The van der Waals surface area contributed by atoms with Crippen LogP contribution < -0.4 is 0 Å². The molecule has 0 saturated carbocycles. The number of rotatable bonds is 0. The average molecular weight is 318 g/mol. The first-order valence-corrected chi connectivity index (χ1v) is 7.12. The minimum atomic E-state index is 0.664. The first-order chi connectivity index (χ1) is 11.9. The number of para-hydroxylation sites is 2. The van der Waals surface area contributed by atoms with Crippen LogP contribution in [0.4, 0.5) is 0 Å². The molecular formula is C16H14N8. The molecule has 0 aliphatic heterocycles. The van der Waals surface area contributed by atoms with E-state index in [9.17, 15) is 0 Å². The highest BCUT2D eigenvalue weighted by Crippen LogP contribution is 2.04. The Hall–Kier alpha value is -3.68. The number of nitrogens with zero attached hydrogens (tertiary/aromatic N) is 6. The van der Waals surface area contributed by atoms with Crippen LogP contribution >= 0.6 is 0 Å². The van der Waals surface area contributed by atoms with Crippen LogP contribution in [0.1, 0.15) is 0 Å². The lowest BCUT2D eigenvalue weighted by atomic mass is 10.3. The molecule has 0 unspecified atom stereocenters. The zero-order chi connectivity index (χ0) is 16.5. The summed E-state index contributed by atoms with van der Waals surface area (Å²) in [6.07, 6.45) is 13.3. The second-order valence-corrected chi connectivity index (χ2v) is 4.44. The van der Waals surface area contributed by atoms with Crippen LogP contribution in [0.2, 0.25) is 0 Å². The molecule has 24 heavy (non-hydrogen) atoms. The van der Waals surface area contributed by atoms with Gasteiger partial charge in [-0.05, 0) is 12.1 Å². The Labute approximate surface area is 137 Å². The molecule has 8 heteroatoms. The highest BCUT2D eigenvalue weighted by atomic mass is 15.0. The summed E-state index contributed by atoms with van der Waals surface area (Å²) < 4.78 is 0. The van der Waals surface area contributed by atoms with Gasteiger partial charge in [0.25, 0.3) is 0 Å². The van der Waals surface area contributed by atoms with Crippen LogP contribution in [0, 0.1) is 0 Å². The first-order valence-electron chi connectivity index (χ1n) is 7.12. The Morgan fingerprint density at radius 1 is 0.667 bits per heavy atom. The Kier molecular flexibility index (Phi) is 5.13. The van der Waals surface area contributed by atoms with E-state index in [1.165, 1.54) is 0 Å². The maximum absolute atomic E-state index is 4.12. The number of hydrogen-bond acceptors (Lipinski definition) is 6. The van der Waals surface area contributed by atoms with Crippen LogP contribution in [0.15, 0.2) is 74.1 Å². The molecule has 0 radical (unpaired) electrons. The predicted molar refractivity (Wildman–Crippen MR) is 89.8 cm³/mol. The van der Waals surface area contributed by atoms with E-state index in [1.54, 1.807) is 49.8 Å². The van der Waals surface area contributed by atoms with Crippen molar-refractivity contribution in [3.05, 3.63) is 74.1 Å². The standard InChI is InChI=1S/C8H6N2.C5H4N4.C3H4N2/c1-2-4-8-7(3-1)9-5-6-10-8;1-2-7-5-4(6-1)8-3-9-5;1-2-5-3-4-1/h1-6H;1-3H,(H,6,7,8,9);1-3H,(H,4,5). The molecule has 118 valence electrons. The molecule has 0 atom stereocenters. The van der Waals surface area contributed by atoms with Gasteiger partial charge >= 0.3 is 0 Å². The molecule has 4 heterocycles. The van der Waals surface area contributed by atoms with Gasteiger partial charge in [-0.3, -0.25) is 9.97 Å². The molecule has 5 rings (SSSR count). The maximum Gasteiger partial charge on any atom is 0.197 e. The van der Waals surface area contributed by atoms with Gasteiger partial charge in [0.1, 0.15) is 0 Å². The van der Waals surface area contributed by atoms with Crippen molar-refractivity contribution in [3.8, 4) is 0 Å². The van der Waals surface area contributed by atoms with E-state index in [4.69, 9.17) is 0 Å². The molecule has 0 fully saturated rings. The van der Waals surface area contributed by atoms with E-state index in [0.29, 0.717) is 5.65 Å².